The first-order valence-electron chi connectivity index (χ1n) is 9.91. The molecule has 1 heterocycles. The summed E-state index contributed by atoms with van der Waals surface area (Å²) in [6, 6.07) is 9.21. The minimum atomic E-state index is -4.57. The maximum atomic E-state index is 13.5. The molecule has 9 heteroatoms. The van der Waals surface area contributed by atoms with E-state index in [1.165, 1.54) is 19.2 Å². The molecule has 0 amide bonds. The molecule has 0 saturated carbocycles. The Bertz CT molecular complexity index is 1120. The Labute approximate surface area is 183 Å². The summed E-state index contributed by atoms with van der Waals surface area (Å²) in [7, 11) is 3.08. The van der Waals surface area contributed by atoms with Crippen LogP contribution < -0.4 is 14.8 Å². The van der Waals surface area contributed by atoms with Crippen molar-refractivity contribution in [2.45, 2.75) is 19.5 Å². The van der Waals surface area contributed by atoms with Gasteiger partial charge in [-0.25, -0.2) is 4.79 Å². The highest BCUT2D eigenvalue weighted by molar-refractivity contribution is 6.05. The number of pyridine rings is 1. The number of esters is 1. The molecule has 1 aromatic heterocycles. The van der Waals surface area contributed by atoms with Crippen molar-refractivity contribution in [3.05, 3.63) is 59.3 Å². The van der Waals surface area contributed by atoms with Crippen molar-refractivity contribution in [1.29, 1.82) is 0 Å². The molecule has 0 fully saturated rings. The van der Waals surface area contributed by atoms with Gasteiger partial charge in [0.1, 0.15) is 5.56 Å². The Morgan fingerprint density at radius 3 is 2.50 bits per heavy atom. The van der Waals surface area contributed by atoms with Gasteiger partial charge in [0, 0.05) is 18.1 Å². The lowest BCUT2D eigenvalue weighted by Gasteiger charge is -2.17. The average Bonchev–Trinajstić information content (AvgIpc) is 2.78. The predicted octanol–water partition coefficient (Wildman–Crippen LogP) is 5.10. The summed E-state index contributed by atoms with van der Waals surface area (Å²) in [5, 5.41) is 3.30. The smallest absolute Gasteiger partial charge is 0.418 e. The van der Waals surface area contributed by atoms with Crippen LogP contribution >= 0.6 is 0 Å². The van der Waals surface area contributed by atoms with Gasteiger partial charge in [0.05, 0.1) is 37.6 Å². The average molecular weight is 448 g/mol. The van der Waals surface area contributed by atoms with E-state index in [0.717, 1.165) is 17.8 Å². The zero-order valence-corrected chi connectivity index (χ0v) is 17.9. The SMILES string of the molecule is CCOC(=O)c1cnc2c(C(F)(F)F)cccc2c1NCCc1ccc(OC)c(OC)c1. The van der Waals surface area contributed by atoms with Crippen molar-refractivity contribution >= 4 is 22.6 Å². The molecule has 32 heavy (non-hydrogen) atoms. The quantitative estimate of drug-likeness (QED) is 0.484. The molecular formula is C23H23F3N2O4. The van der Waals surface area contributed by atoms with Gasteiger partial charge in [0.25, 0.3) is 0 Å². The number of aromatic nitrogens is 1. The topological polar surface area (TPSA) is 69.7 Å². The van der Waals surface area contributed by atoms with Crippen LogP contribution in [0.5, 0.6) is 11.5 Å². The van der Waals surface area contributed by atoms with Crippen molar-refractivity contribution in [3.63, 3.8) is 0 Å². The number of carbonyl (C=O) groups excluding carboxylic acids is 1. The predicted molar refractivity (Wildman–Crippen MR) is 114 cm³/mol. The van der Waals surface area contributed by atoms with Crippen LogP contribution in [0.15, 0.2) is 42.6 Å². The molecule has 0 unspecified atom stereocenters. The zero-order chi connectivity index (χ0) is 23.3. The minimum absolute atomic E-state index is 0.0750. The fraction of sp³-hybridized carbons (Fsp3) is 0.304. The van der Waals surface area contributed by atoms with E-state index >= 15 is 0 Å². The molecule has 3 rings (SSSR count). The Morgan fingerprint density at radius 1 is 1.09 bits per heavy atom. The lowest BCUT2D eigenvalue weighted by molar-refractivity contribution is -0.136. The van der Waals surface area contributed by atoms with Gasteiger partial charge in [-0.3, -0.25) is 4.98 Å². The molecular weight excluding hydrogens is 425 g/mol. The maximum Gasteiger partial charge on any atom is 0.418 e. The van der Waals surface area contributed by atoms with E-state index in [-0.39, 0.29) is 28.8 Å². The number of hydrogen-bond acceptors (Lipinski definition) is 6. The van der Waals surface area contributed by atoms with Gasteiger partial charge >= 0.3 is 12.1 Å². The zero-order valence-electron chi connectivity index (χ0n) is 17.9. The van der Waals surface area contributed by atoms with Crippen molar-refractivity contribution in [1.82, 2.24) is 4.98 Å². The van der Waals surface area contributed by atoms with Gasteiger partial charge in [-0.15, -0.1) is 0 Å². The standard InChI is InChI=1S/C23H23F3N2O4/c1-4-32-22(29)16-13-28-21-15(6-5-7-17(21)23(24,25)26)20(16)27-11-10-14-8-9-18(30-2)19(12-14)31-3/h5-9,12-13H,4,10-11H2,1-3H3,(H,27,28). The van der Waals surface area contributed by atoms with Crippen molar-refractivity contribution < 1.29 is 32.2 Å². The summed E-state index contributed by atoms with van der Waals surface area (Å²) < 4.78 is 56.0. The third-order valence-corrected chi connectivity index (χ3v) is 4.86. The Morgan fingerprint density at radius 2 is 1.84 bits per heavy atom. The number of nitrogens with zero attached hydrogens (tertiary/aromatic N) is 1. The second kappa shape index (κ2) is 9.76. The monoisotopic (exact) mass is 448 g/mol. The van der Waals surface area contributed by atoms with Crippen molar-refractivity contribution in [3.8, 4) is 11.5 Å². The molecule has 0 aliphatic heterocycles. The molecule has 6 nitrogen and oxygen atoms in total. The summed E-state index contributed by atoms with van der Waals surface area (Å²) in [6.07, 6.45) is -2.94. The van der Waals surface area contributed by atoms with Crippen molar-refractivity contribution in [2.24, 2.45) is 0 Å². The Kier molecular flexibility index (Phi) is 7.07. The lowest BCUT2D eigenvalue weighted by Crippen LogP contribution is -2.14. The normalized spacial score (nSPS) is 11.3. The molecule has 170 valence electrons. The van der Waals surface area contributed by atoms with E-state index in [1.807, 2.05) is 12.1 Å². The minimum Gasteiger partial charge on any atom is -0.493 e. The fourth-order valence-electron chi connectivity index (χ4n) is 3.37. The third-order valence-electron chi connectivity index (χ3n) is 4.86. The number of anilines is 1. The highest BCUT2D eigenvalue weighted by Gasteiger charge is 2.34. The van der Waals surface area contributed by atoms with Gasteiger partial charge in [-0.05, 0) is 37.1 Å². The third kappa shape index (κ3) is 4.87. The maximum absolute atomic E-state index is 13.5. The first-order chi connectivity index (χ1) is 15.3. The summed E-state index contributed by atoms with van der Waals surface area (Å²) in [6.45, 7) is 2.13. The van der Waals surface area contributed by atoms with Crippen LogP contribution in [-0.2, 0) is 17.3 Å². The van der Waals surface area contributed by atoms with E-state index in [1.54, 1.807) is 20.1 Å². The number of alkyl halides is 3. The number of methoxy groups -OCH3 is 2. The van der Waals surface area contributed by atoms with E-state index in [0.29, 0.717) is 24.5 Å². The summed E-state index contributed by atoms with van der Waals surface area (Å²) in [5.41, 5.74) is 0.142. The molecule has 0 spiro atoms. The van der Waals surface area contributed by atoms with E-state index in [2.05, 4.69) is 10.3 Å². The van der Waals surface area contributed by atoms with Crippen LogP contribution in [0.2, 0.25) is 0 Å². The molecule has 0 aliphatic carbocycles. The summed E-state index contributed by atoms with van der Waals surface area (Å²) in [4.78, 5) is 16.4. The Hall–Kier alpha value is -3.49. The molecule has 0 radical (unpaired) electrons. The number of carbonyl (C=O) groups is 1. The number of rotatable bonds is 8. The van der Waals surface area contributed by atoms with E-state index in [9.17, 15) is 18.0 Å². The van der Waals surface area contributed by atoms with E-state index < -0.39 is 17.7 Å². The molecule has 2 aromatic carbocycles. The largest absolute Gasteiger partial charge is 0.493 e. The lowest BCUT2D eigenvalue weighted by atomic mass is 10.0. The first kappa shape index (κ1) is 23.2. The van der Waals surface area contributed by atoms with Crippen molar-refractivity contribution in [2.75, 3.05) is 32.7 Å². The van der Waals surface area contributed by atoms with E-state index in [4.69, 9.17) is 14.2 Å². The number of para-hydroxylation sites is 1. The fourth-order valence-corrected chi connectivity index (χ4v) is 3.37. The summed E-state index contributed by atoms with van der Waals surface area (Å²) in [5.74, 6) is 0.503. The van der Waals surface area contributed by atoms with Crippen LogP contribution in [0, 0.1) is 0 Å². The number of ether oxygens (including phenoxy) is 3. The highest BCUT2D eigenvalue weighted by atomic mass is 19.4. The van der Waals surface area contributed by atoms with Gasteiger partial charge in [0.15, 0.2) is 11.5 Å². The van der Waals surface area contributed by atoms with Crippen LogP contribution in [-0.4, -0.2) is 38.3 Å². The van der Waals surface area contributed by atoms with Gasteiger partial charge in [-0.2, -0.15) is 13.2 Å². The molecule has 1 N–H and O–H groups in total. The van der Waals surface area contributed by atoms with Gasteiger partial charge in [-0.1, -0.05) is 18.2 Å². The van der Waals surface area contributed by atoms with Gasteiger partial charge < -0.3 is 19.5 Å². The number of fused-ring (bicyclic) bond motifs is 1. The highest BCUT2D eigenvalue weighted by Crippen LogP contribution is 2.37. The van der Waals surface area contributed by atoms with Crippen LogP contribution in [0.3, 0.4) is 0 Å². The van der Waals surface area contributed by atoms with Crippen LogP contribution in [0.1, 0.15) is 28.4 Å². The number of halogens is 3. The second-order valence-electron chi connectivity index (χ2n) is 6.83. The molecule has 0 saturated heterocycles. The molecule has 0 aliphatic rings. The van der Waals surface area contributed by atoms with Crippen LogP contribution in [0.4, 0.5) is 18.9 Å². The van der Waals surface area contributed by atoms with Gasteiger partial charge in [0.2, 0.25) is 0 Å². The number of nitrogens with one attached hydrogen (secondary N) is 1. The second-order valence-corrected chi connectivity index (χ2v) is 6.83. The molecule has 0 atom stereocenters. The first-order valence-corrected chi connectivity index (χ1v) is 9.91. The summed E-state index contributed by atoms with van der Waals surface area (Å²) >= 11 is 0. The molecule has 3 aromatic rings. The van der Waals surface area contributed by atoms with Crippen LogP contribution in [0.25, 0.3) is 10.9 Å². The number of benzene rings is 2. The number of hydrogen-bond donors (Lipinski definition) is 1. The molecule has 0 bridgehead atoms. The Balaban J connectivity index is 1.96.